The van der Waals surface area contributed by atoms with E-state index in [1.807, 2.05) is 0 Å². The monoisotopic (exact) mass is 424 g/mol. The minimum Gasteiger partial charge on any atom is -0.466 e. The number of nitrogens with one attached hydrogen (secondary N) is 2. The topological polar surface area (TPSA) is 102 Å². The van der Waals surface area contributed by atoms with Gasteiger partial charge in [0.2, 0.25) is 11.8 Å². The molecular weight excluding hydrogens is 396 g/mol. The van der Waals surface area contributed by atoms with Gasteiger partial charge in [0.1, 0.15) is 0 Å². The molecule has 0 aromatic heterocycles. The molecule has 0 spiro atoms. The number of benzene rings is 1. The van der Waals surface area contributed by atoms with Crippen LogP contribution in [0.3, 0.4) is 0 Å². The highest BCUT2D eigenvalue weighted by atomic mass is 35.5. The summed E-state index contributed by atoms with van der Waals surface area (Å²) in [6.07, 6.45) is 2.24. The molecule has 0 fully saturated rings. The largest absolute Gasteiger partial charge is 0.466 e. The smallest absolute Gasteiger partial charge is 0.306 e. The van der Waals surface area contributed by atoms with E-state index in [1.165, 1.54) is 6.92 Å². The van der Waals surface area contributed by atoms with Gasteiger partial charge in [-0.1, -0.05) is 11.6 Å². The maximum absolute atomic E-state index is 12.6. The summed E-state index contributed by atoms with van der Waals surface area (Å²) in [7, 11) is 0. The van der Waals surface area contributed by atoms with E-state index in [4.69, 9.17) is 16.3 Å². The first-order chi connectivity index (χ1) is 13.8. The number of ether oxygens (including phenoxy) is 1. The molecular formula is C21H29ClN2O5. The zero-order valence-electron chi connectivity index (χ0n) is 17.0. The number of hydrogen-bond acceptors (Lipinski definition) is 5. The number of ketones is 1. The van der Waals surface area contributed by atoms with Gasteiger partial charge in [0.25, 0.3) is 0 Å². The summed E-state index contributed by atoms with van der Waals surface area (Å²) in [4.78, 5) is 46.6. The van der Waals surface area contributed by atoms with Gasteiger partial charge >= 0.3 is 5.97 Å². The highest BCUT2D eigenvalue weighted by Crippen LogP contribution is 2.20. The number of carbonyl (C=O) groups is 4. The molecule has 2 N–H and O–H groups in total. The second-order valence-corrected chi connectivity index (χ2v) is 7.01. The number of aryl methyl sites for hydroxylation is 1. The predicted octanol–water partition coefficient (Wildman–Crippen LogP) is 2.83. The molecule has 2 amide bonds. The van der Waals surface area contributed by atoms with Crippen LogP contribution in [0, 0.1) is 0 Å². The molecule has 160 valence electrons. The van der Waals surface area contributed by atoms with Crippen molar-refractivity contribution in [1.29, 1.82) is 0 Å². The van der Waals surface area contributed by atoms with Crippen molar-refractivity contribution in [2.45, 2.75) is 52.4 Å². The molecule has 0 aliphatic carbocycles. The van der Waals surface area contributed by atoms with Gasteiger partial charge in [0, 0.05) is 49.9 Å². The van der Waals surface area contributed by atoms with E-state index in [0.29, 0.717) is 56.0 Å². The first-order valence-electron chi connectivity index (χ1n) is 9.81. The molecule has 0 aliphatic rings. The van der Waals surface area contributed by atoms with E-state index >= 15 is 0 Å². The van der Waals surface area contributed by atoms with Crippen LogP contribution < -0.4 is 10.6 Å². The summed E-state index contributed by atoms with van der Waals surface area (Å²) < 4.78 is 4.93. The van der Waals surface area contributed by atoms with Gasteiger partial charge in [-0.15, -0.1) is 0 Å². The number of hydrogen-bond donors (Lipinski definition) is 2. The first kappa shape index (κ1) is 24.6. The van der Waals surface area contributed by atoms with Gasteiger partial charge in [0.05, 0.1) is 6.61 Å². The lowest BCUT2D eigenvalue weighted by Gasteiger charge is -2.10. The van der Waals surface area contributed by atoms with Crippen molar-refractivity contribution in [3.8, 4) is 0 Å². The molecule has 0 unspecified atom stereocenters. The van der Waals surface area contributed by atoms with Crippen LogP contribution in [-0.4, -0.2) is 43.3 Å². The lowest BCUT2D eigenvalue weighted by atomic mass is 9.97. The molecule has 29 heavy (non-hydrogen) atoms. The van der Waals surface area contributed by atoms with E-state index in [0.717, 1.165) is 5.56 Å². The quantitative estimate of drug-likeness (QED) is 0.288. The Labute approximate surface area is 176 Å². The SMILES string of the molecule is CCOC(=O)CCc1cc(Cl)ccc1C(=O)CCCNC(=O)CCCNC(C)=O. The van der Waals surface area contributed by atoms with E-state index in [9.17, 15) is 19.2 Å². The van der Waals surface area contributed by atoms with Crippen molar-refractivity contribution in [3.05, 3.63) is 34.3 Å². The summed E-state index contributed by atoms with van der Waals surface area (Å²) in [6.45, 7) is 4.36. The Morgan fingerprint density at radius 3 is 2.38 bits per heavy atom. The van der Waals surface area contributed by atoms with Crippen LogP contribution in [0.5, 0.6) is 0 Å². The molecule has 0 bridgehead atoms. The average molecular weight is 425 g/mol. The van der Waals surface area contributed by atoms with E-state index in [1.54, 1.807) is 25.1 Å². The van der Waals surface area contributed by atoms with Crippen LogP contribution in [0.25, 0.3) is 0 Å². The third kappa shape index (κ3) is 10.6. The lowest BCUT2D eigenvalue weighted by molar-refractivity contribution is -0.143. The van der Waals surface area contributed by atoms with Gasteiger partial charge in [-0.05, 0) is 49.9 Å². The first-order valence-corrected chi connectivity index (χ1v) is 10.2. The highest BCUT2D eigenvalue weighted by Gasteiger charge is 2.14. The van der Waals surface area contributed by atoms with Crippen LogP contribution >= 0.6 is 11.6 Å². The highest BCUT2D eigenvalue weighted by molar-refractivity contribution is 6.30. The summed E-state index contributed by atoms with van der Waals surface area (Å²) in [5, 5.41) is 5.91. The van der Waals surface area contributed by atoms with Gasteiger partial charge in [-0.2, -0.15) is 0 Å². The van der Waals surface area contributed by atoms with Crippen molar-refractivity contribution in [1.82, 2.24) is 10.6 Å². The van der Waals surface area contributed by atoms with Crippen LogP contribution in [0.2, 0.25) is 5.02 Å². The third-order valence-corrected chi connectivity index (χ3v) is 4.36. The predicted molar refractivity (Wildman–Crippen MR) is 111 cm³/mol. The zero-order chi connectivity index (χ0) is 21.6. The van der Waals surface area contributed by atoms with E-state index in [-0.39, 0.29) is 36.4 Å². The molecule has 0 atom stereocenters. The van der Waals surface area contributed by atoms with E-state index in [2.05, 4.69) is 10.6 Å². The molecule has 0 heterocycles. The molecule has 0 saturated carbocycles. The second kappa shape index (κ2) is 13.7. The zero-order valence-corrected chi connectivity index (χ0v) is 17.8. The molecule has 1 aromatic carbocycles. The average Bonchev–Trinajstić information content (AvgIpc) is 2.67. The van der Waals surface area contributed by atoms with Crippen LogP contribution in [0.1, 0.15) is 61.9 Å². The van der Waals surface area contributed by atoms with Crippen molar-refractivity contribution in [2.75, 3.05) is 19.7 Å². The van der Waals surface area contributed by atoms with Gasteiger partial charge in [-0.3, -0.25) is 19.2 Å². The standard InChI is InChI=1S/C21H29ClN2O5/c1-3-29-21(28)11-8-16-14-17(22)9-10-18(16)19(26)6-4-13-24-20(27)7-5-12-23-15(2)25/h9-10,14H,3-8,11-13H2,1-2H3,(H,23,25)(H,24,27). The van der Waals surface area contributed by atoms with Crippen LogP contribution in [-0.2, 0) is 25.5 Å². The van der Waals surface area contributed by atoms with Gasteiger partial charge in [0.15, 0.2) is 5.78 Å². The molecule has 7 nitrogen and oxygen atoms in total. The summed E-state index contributed by atoms with van der Waals surface area (Å²) in [5.74, 6) is -0.593. The molecule has 8 heteroatoms. The Bertz CT molecular complexity index is 721. The maximum atomic E-state index is 12.6. The third-order valence-electron chi connectivity index (χ3n) is 4.13. The maximum Gasteiger partial charge on any atom is 0.306 e. The van der Waals surface area contributed by atoms with Crippen LogP contribution in [0.15, 0.2) is 18.2 Å². The molecule has 0 aliphatic heterocycles. The Kier molecular flexibility index (Phi) is 11.6. The molecule has 1 rings (SSSR count). The number of Topliss-reactive ketones (excluding diaryl/α,β-unsaturated/α-hetero) is 1. The fourth-order valence-corrected chi connectivity index (χ4v) is 2.92. The Hall–Kier alpha value is -2.41. The second-order valence-electron chi connectivity index (χ2n) is 6.57. The fraction of sp³-hybridized carbons (Fsp3) is 0.524. The normalized spacial score (nSPS) is 10.3. The van der Waals surface area contributed by atoms with Gasteiger partial charge < -0.3 is 15.4 Å². The van der Waals surface area contributed by atoms with E-state index < -0.39 is 0 Å². The molecule has 0 saturated heterocycles. The Balaban J connectivity index is 2.42. The number of rotatable bonds is 13. The number of carbonyl (C=O) groups excluding carboxylic acids is 4. The lowest BCUT2D eigenvalue weighted by Crippen LogP contribution is -2.27. The van der Waals surface area contributed by atoms with Crippen LogP contribution in [0.4, 0.5) is 0 Å². The summed E-state index contributed by atoms with van der Waals surface area (Å²) in [5.41, 5.74) is 1.26. The van der Waals surface area contributed by atoms with Crippen molar-refractivity contribution >= 4 is 35.2 Å². The number of halogens is 1. The molecule has 0 radical (unpaired) electrons. The Morgan fingerprint density at radius 2 is 1.69 bits per heavy atom. The number of esters is 1. The fourth-order valence-electron chi connectivity index (χ4n) is 2.72. The van der Waals surface area contributed by atoms with Crippen molar-refractivity contribution in [3.63, 3.8) is 0 Å². The summed E-state index contributed by atoms with van der Waals surface area (Å²) >= 11 is 6.03. The Morgan fingerprint density at radius 1 is 1.00 bits per heavy atom. The van der Waals surface area contributed by atoms with Crippen molar-refractivity contribution in [2.24, 2.45) is 0 Å². The number of amides is 2. The van der Waals surface area contributed by atoms with Crippen molar-refractivity contribution < 1.29 is 23.9 Å². The summed E-state index contributed by atoms with van der Waals surface area (Å²) in [6, 6.07) is 5.02. The molecule has 1 aromatic rings. The minimum absolute atomic E-state index is 0.0552. The minimum atomic E-state index is -0.313. The van der Waals surface area contributed by atoms with Gasteiger partial charge in [-0.25, -0.2) is 0 Å².